The maximum Gasteiger partial charge on any atom is 0.133 e. The number of benzene rings is 2. The van der Waals surface area contributed by atoms with Gasteiger partial charge in [-0.2, -0.15) is 0 Å². The quantitative estimate of drug-likeness (QED) is 0.812. The Morgan fingerprint density at radius 1 is 1.04 bits per heavy atom. The number of aryl methyl sites for hydroxylation is 4. The molecule has 0 amide bonds. The number of hydrogen-bond acceptors (Lipinski definition) is 3. The van der Waals surface area contributed by atoms with Crippen LogP contribution in [0.3, 0.4) is 0 Å². The van der Waals surface area contributed by atoms with Crippen LogP contribution in [-0.4, -0.2) is 18.8 Å². The van der Waals surface area contributed by atoms with Gasteiger partial charge in [0.1, 0.15) is 17.2 Å². The molecule has 2 aromatic rings. The molecule has 0 fully saturated rings. The summed E-state index contributed by atoms with van der Waals surface area (Å²) in [7, 11) is 1.67. The van der Waals surface area contributed by atoms with E-state index in [1.54, 1.807) is 7.11 Å². The average molecular weight is 314 g/mol. The first-order valence-electron chi connectivity index (χ1n) is 8.14. The molecular weight excluding hydrogens is 288 g/mol. The highest BCUT2D eigenvalue weighted by Crippen LogP contribution is 2.33. The van der Waals surface area contributed by atoms with Crippen LogP contribution in [0.2, 0.25) is 0 Å². The number of hydrogen-bond donors (Lipinski definition) is 1. The Kier molecular flexibility index (Phi) is 6.05. The summed E-state index contributed by atoms with van der Waals surface area (Å²) in [4.78, 5) is 0. The molecule has 0 spiro atoms. The number of rotatable bonds is 7. The fourth-order valence-corrected chi connectivity index (χ4v) is 2.80. The first-order chi connectivity index (χ1) is 11.1. The average Bonchev–Trinajstić information content (AvgIpc) is 2.55. The van der Waals surface area contributed by atoms with Gasteiger partial charge in [0.2, 0.25) is 0 Å². The standard InChI is InChI=1S/C20H26O3/c1-5-17-13-16(7-6-10-21)11-15(3)20(17)23-18-8-9-19(22-4)14(2)12-18/h8-9,11-13,21H,5-7,10H2,1-4H3. The second kappa shape index (κ2) is 8.02. The Bertz CT molecular complexity index is 662. The maximum absolute atomic E-state index is 9.01. The van der Waals surface area contributed by atoms with Crippen molar-refractivity contribution in [1.82, 2.24) is 0 Å². The molecule has 0 radical (unpaired) electrons. The zero-order valence-electron chi connectivity index (χ0n) is 14.5. The SMILES string of the molecule is CCc1cc(CCCO)cc(C)c1Oc1ccc(OC)c(C)c1. The summed E-state index contributed by atoms with van der Waals surface area (Å²) in [5.41, 5.74) is 4.64. The lowest BCUT2D eigenvalue weighted by molar-refractivity contribution is 0.288. The van der Waals surface area contributed by atoms with Gasteiger partial charge in [-0.25, -0.2) is 0 Å². The molecule has 0 aliphatic carbocycles. The lowest BCUT2D eigenvalue weighted by Gasteiger charge is -2.16. The monoisotopic (exact) mass is 314 g/mol. The minimum Gasteiger partial charge on any atom is -0.496 e. The summed E-state index contributed by atoms with van der Waals surface area (Å²) in [5.74, 6) is 2.62. The molecule has 3 nitrogen and oxygen atoms in total. The van der Waals surface area contributed by atoms with E-state index in [0.717, 1.165) is 47.6 Å². The molecule has 23 heavy (non-hydrogen) atoms. The maximum atomic E-state index is 9.01. The van der Waals surface area contributed by atoms with E-state index in [2.05, 4.69) is 26.0 Å². The van der Waals surface area contributed by atoms with Crippen molar-refractivity contribution < 1.29 is 14.6 Å². The largest absolute Gasteiger partial charge is 0.496 e. The second-order valence-corrected chi connectivity index (χ2v) is 5.82. The van der Waals surface area contributed by atoms with Crippen LogP contribution in [0, 0.1) is 13.8 Å². The highest BCUT2D eigenvalue weighted by Gasteiger charge is 2.11. The van der Waals surface area contributed by atoms with Gasteiger partial charge in [-0.1, -0.05) is 19.1 Å². The molecule has 0 heterocycles. The highest BCUT2D eigenvalue weighted by atomic mass is 16.5. The van der Waals surface area contributed by atoms with Crippen LogP contribution in [0.15, 0.2) is 30.3 Å². The number of aliphatic hydroxyl groups is 1. The predicted molar refractivity (Wildman–Crippen MR) is 93.8 cm³/mol. The topological polar surface area (TPSA) is 38.7 Å². The smallest absolute Gasteiger partial charge is 0.133 e. The first-order valence-corrected chi connectivity index (χ1v) is 8.14. The molecule has 0 aromatic heterocycles. The zero-order chi connectivity index (χ0) is 16.8. The lowest BCUT2D eigenvalue weighted by Crippen LogP contribution is -1.98. The Balaban J connectivity index is 2.30. The van der Waals surface area contributed by atoms with E-state index in [1.165, 1.54) is 11.1 Å². The van der Waals surface area contributed by atoms with E-state index in [-0.39, 0.29) is 6.61 Å². The van der Waals surface area contributed by atoms with Gasteiger partial charge in [0.25, 0.3) is 0 Å². The predicted octanol–water partition coefficient (Wildman–Crippen LogP) is 4.59. The molecule has 0 aliphatic rings. The molecule has 1 N–H and O–H groups in total. The normalized spacial score (nSPS) is 10.7. The number of methoxy groups -OCH3 is 1. The van der Waals surface area contributed by atoms with Crippen LogP contribution in [0.25, 0.3) is 0 Å². The molecule has 0 saturated carbocycles. The molecule has 2 aromatic carbocycles. The van der Waals surface area contributed by atoms with Gasteiger partial charge < -0.3 is 14.6 Å². The Morgan fingerprint density at radius 2 is 1.83 bits per heavy atom. The first kappa shape index (κ1) is 17.4. The lowest BCUT2D eigenvalue weighted by atomic mass is 10.00. The Hall–Kier alpha value is -2.00. The van der Waals surface area contributed by atoms with Gasteiger partial charge >= 0.3 is 0 Å². The minimum absolute atomic E-state index is 0.226. The van der Waals surface area contributed by atoms with Crippen LogP contribution in [-0.2, 0) is 12.8 Å². The van der Waals surface area contributed by atoms with E-state index in [0.29, 0.717) is 0 Å². The summed E-state index contributed by atoms with van der Waals surface area (Å²) < 4.78 is 11.5. The van der Waals surface area contributed by atoms with Crippen molar-refractivity contribution >= 4 is 0 Å². The van der Waals surface area contributed by atoms with Gasteiger partial charge in [-0.3, -0.25) is 0 Å². The van der Waals surface area contributed by atoms with Crippen molar-refractivity contribution in [2.24, 2.45) is 0 Å². The van der Waals surface area contributed by atoms with Gasteiger partial charge in [0.05, 0.1) is 7.11 Å². The summed E-state index contributed by atoms with van der Waals surface area (Å²) in [6.07, 6.45) is 2.60. The summed E-state index contributed by atoms with van der Waals surface area (Å²) in [6.45, 7) is 6.45. The fraction of sp³-hybridized carbons (Fsp3) is 0.400. The molecule has 3 heteroatoms. The summed E-state index contributed by atoms with van der Waals surface area (Å²) >= 11 is 0. The third kappa shape index (κ3) is 4.26. The van der Waals surface area contributed by atoms with Crippen molar-refractivity contribution in [2.75, 3.05) is 13.7 Å². The molecular formula is C20H26O3. The van der Waals surface area contributed by atoms with Crippen LogP contribution in [0.1, 0.15) is 35.6 Å². The van der Waals surface area contributed by atoms with E-state index in [9.17, 15) is 0 Å². The zero-order valence-corrected chi connectivity index (χ0v) is 14.5. The van der Waals surface area contributed by atoms with Crippen LogP contribution in [0.5, 0.6) is 17.2 Å². The fourth-order valence-electron chi connectivity index (χ4n) is 2.80. The van der Waals surface area contributed by atoms with E-state index in [1.807, 2.05) is 25.1 Å². The molecule has 0 aliphatic heterocycles. The molecule has 0 atom stereocenters. The summed E-state index contributed by atoms with van der Waals surface area (Å²) in [6, 6.07) is 10.2. The van der Waals surface area contributed by atoms with Crippen LogP contribution >= 0.6 is 0 Å². The number of ether oxygens (including phenoxy) is 2. The van der Waals surface area contributed by atoms with Crippen LogP contribution in [0.4, 0.5) is 0 Å². The Labute approximate surface area is 138 Å². The van der Waals surface area contributed by atoms with Crippen molar-refractivity contribution in [3.05, 3.63) is 52.6 Å². The van der Waals surface area contributed by atoms with Crippen molar-refractivity contribution in [3.8, 4) is 17.2 Å². The van der Waals surface area contributed by atoms with Gasteiger partial charge in [-0.05, 0) is 73.6 Å². The second-order valence-electron chi connectivity index (χ2n) is 5.82. The third-order valence-electron chi connectivity index (χ3n) is 4.00. The Morgan fingerprint density at radius 3 is 2.43 bits per heavy atom. The van der Waals surface area contributed by atoms with Crippen LogP contribution < -0.4 is 9.47 Å². The molecule has 0 unspecified atom stereocenters. The summed E-state index contributed by atoms with van der Waals surface area (Å²) in [5, 5.41) is 9.01. The van der Waals surface area contributed by atoms with Crippen molar-refractivity contribution in [3.63, 3.8) is 0 Å². The van der Waals surface area contributed by atoms with E-state index in [4.69, 9.17) is 14.6 Å². The molecule has 124 valence electrons. The van der Waals surface area contributed by atoms with Crippen molar-refractivity contribution in [1.29, 1.82) is 0 Å². The van der Waals surface area contributed by atoms with Gasteiger partial charge in [0, 0.05) is 6.61 Å². The van der Waals surface area contributed by atoms with E-state index < -0.39 is 0 Å². The molecule has 0 bridgehead atoms. The van der Waals surface area contributed by atoms with E-state index >= 15 is 0 Å². The van der Waals surface area contributed by atoms with Gasteiger partial charge in [0.15, 0.2) is 0 Å². The molecule has 2 rings (SSSR count). The molecule has 0 saturated heterocycles. The minimum atomic E-state index is 0.226. The highest BCUT2D eigenvalue weighted by molar-refractivity contribution is 5.48. The van der Waals surface area contributed by atoms with Gasteiger partial charge in [-0.15, -0.1) is 0 Å². The van der Waals surface area contributed by atoms with Crippen molar-refractivity contribution in [2.45, 2.75) is 40.0 Å². The number of aliphatic hydroxyl groups excluding tert-OH is 1. The third-order valence-corrected chi connectivity index (χ3v) is 4.00.